The van der Waals surface area contributed by atoms with E-state index in [9.17, 15) is 14.6 Å². The molecule has 4 rings (SSSR count). The minimum absolute atomic E-state index is 0.301. The van der Waals surface area contributed by atoms with Crippen LogP contribution in [-0.2, 0) is 0 Å². The number of phenols is 1. The molecule has 2 aromatic carbocycles. The average molecular weight is 379 g/mol. The van der Waals surface area contributed by atoms with Crippen LogP contribution >= 0.6 is 0 Å². The molecule has 0 aliphatic rings. The highest BCUT2D eigenvalue weighted by molar-refractivity contribution is 5.90. The largest absolute Gasteiger partial charge is 0.505 e. The number of para-hydroxylation sites is 1. The molecule has 0 fully saturated rings. The van der Waals surface area contributed by atoms with Crippen LogP contribution in [0.2, 0.25) is 0 Å². The first kappa shape index (κ1) is 17.9. The number of aliphatic hydroxyl groups excluding tert-OH is 1. The number of hydrogen-bond acceptors (Lipinski definition) is 6. The fourth-order valence-electron chi connectivity index (χ4n) is 3.03. The molecule has 2 heterocycles. The first-order chi connectivity index (χ1) is 13.5. The van der Waals surface area contributed by atoms with Crippen LogP contribution in [0.4, 0.5) is 16.0 Å². The van der Waals surface area contributed by atoms with E-state index in [0.29, 0.717) is 28.5 Å². The lowest BCUT2D eigenvalue weighted by Gasteiger charge is -2.16. The van der Waals surface area contributed by atoms with Gasteiger partial charge in [-0.1, -0.05) is 18.2 Å². The molecule has 4 N–H and O–H groups in total. The summed E-state index contributed by atoms with van der Waals surface area (Å²) < 4.78 is 13.4. The highest BCUT2D eigenvalue weighted by Gasteiger charge is 2.20. The quantitative estimate of drug-likeness (QED) is 0.424. The third kappa shape index (κ3) is 3.37. The molecule has 0 aliphatic heterocycles. The lowest BCUT2D eigenvalue weighted by atomic mass is 9.98. The molecule has 0 saturated heterocycles. The third-order valence-corrected chi connectivity index (χ3v) is 4.44. The second kappa shape index (κ2) is 7.24. The van der Waals surface area contributed by atoms with Gasteiger partial charge in [-0.3, -0.25) is 5.10 Å². The van der Waals surface area contributed by atoms with Gasteiger partial charge in [0.05, 0.1) is 18.0 Å². The van der Waals surface area contributed by atoms with Gasteiger partial charge in [0.2, 0.25) is 0 Å². The van der Waals surface area contributed by atoms with E-state index >= 15 is 0 Å². The Kier molecular flexibility index (Phi) is 4.62. The molecule has 28 heavy (non-hydrogen) atoms. The van der Waals surface area contributed by atoms with E-state index in [0.717, 1.165) is 17.1 Å². The third-order valence-electron chi connectivity index (χ3n) is 4.44. The summed E-state index contributed by atoms with van der Waals surface area (Å²) in [7, 11) is 0. The van der Waals surface area contributed by atoms with E-state index in [2.05, 4.69) is 25.5 Å². The molecular formula is C20H18FN5O2. The van der Waals surface area contributed by atoms with Gasteiger partial charge < -0.3 is 15.5 Å². The maximum Gasteiger partial charge on any atom is 0.164 e. The van der Waals surface area contributed by atoms with Crippen LogP contribution in [0.15, 0.2) is 48.5 Å². The van der Waals surface area contributed by atoms with Crippen LogP contribution in [0.5, 0.6) is 5.75 Å². The number of aromatic hydroxyl groups is 1. The van der Waals surface area contributed by atoms with Crippen molar-refractivity contribution < 1.29 is 14.6 Å². The zero-order chi connectivity index (χ0) is 19.7. The van der Waals surface area contributed by atoms with Crippen molar-refractivity contribution in [1.29, 1.82) is 0 Å². The van der Waals surface area contributed by atoms with E-state index < -0.39 is 17.5 Å². The standard InChI is InChI=1S/C20H18FN5O2/c1-11-8-18(26-25-11)23-19-13-4-2-3-5-16(13)22-20(24-19)14(10-27)12-6-7-15(21)17(28)9-12/h2-9,14,27-28H,10H2,1H3,(H2,22,23,24,25,26). The van der Waals surface area contributed by atoms with Crippen LogP contribution < -0.4 is 5.32 Å². The lowest BCUT2D eigenvalue weighted by Crippen LogP contribution is -2.12. The van der Waals surface area contributed by atoms with Crippen molar-refractivity contribution in [1.82, 2.24) is 20.2 Å². The number of H-pyrrole nitrogens is 1. The number of halogens is 1. The van der Waals surface area contributed by atoms with E-state index in [1.807, 2.05) is 37.3 Å². The molecule has 0 saturated carbocycles. The van der Waals surface area contributed by atoms with Crippen LogP contribution in [0, 0.1) is 12.7 Å². The Balaban J connectivity index is 1.82. The second-order valence-electron chi connectivity index (χ2n) is 6.45. The molecule has 0 amide bonds. The Morgan fingerprint density at radius 3 is 2.68 bits per heavy atom. The van der Waals surface area contributed by atoms with Crippen LogP contribution in [0.3, 0.4) is 0 Å². The molecule has 1 unspecified atom stereocenters. The smallest absolute Gasteiger partial charge is 0.164 e. The maximum absolute atomic E-state index is 13.4. The van der Waals surface area contributed by atoms with Gasteiger partial charge in [-0.15, -0.1) is 0 Å². The highest BCUT2D eigenvalue weighted by Crippen LogP contribution is 2.30. The van der Waals surface area contributed by atoms with Crippen LogP contribution in [0.1, 0.15) is 23.0 Å². The number of aliphatic hydroxyl groups is 1. The fraction of sp³-hybridized carbons (Fsp3) is 0.150. The molecule has 1 atom stereocenters. The number of rotatable bonds is 5. The summed E-state index contributed by atoms with van der Waals surface area (Å²) >= 11 is 0. The molecule has 142 valence electrons. The zero-order valence-corrected chi connectivity index (χ0v) is 15.0. The minimum Gasteiger partial charge on any atom is -0.505 e. The van der Waals surface area contributed by atoms with Gasteiger partial charge in [0.1, 0.15) is 11.6 Å². The number of nitrogens with one attached hydrogen (secondary N) is 2. The van der Waals surface area contributed by atoms with Crippen molar-refractivity contribution in [3.63, 3.8) is 0 Å². The Labute approximate surface area is 159 Å². The van der Waals surface area contributed by atoms with Gasteiger partial charge in [-0.2, -0.15) is 5.10 Å². The van der Waals surface area contributed by atoms with Crippen molar-refractivity contribution in [3.8, 4) is 5.75 Å². The van der Waals surface area contributed by atoms with Crippen LogP contribution in [0.25, 0.3) is 10.9 Å². The SMILES string of the molecule is Cc1cc(Nc2nc(C(CO)c3ccc(F)c(O)c3)nc3ccccc23)n[nH]1. The molecule has 0 radical (unpaired) electrons. The van der Waals surface area contributed by atoms with E-state index in [4.69, 9.17) is 0 Å². The number of benzene rings is 2. The van der Waals surface area contributed by atoms with Gasteiger partial charge in [0.15, 0.2) is 17.4 Å². The summed E-state index contributed by atoms with van der Waals surface area (Å²) in [6.45, 7) is 1.59. The molecular weight excluding hydrogens is 361 g/mol. The Morgan fingerprint density at radius 1 is 1.14 bits per heavy atom. The van der Waals surface area contributed by atoms with Gasteiger partial charge in [-0.25, -0.2) is 14.4 Å². The minimum atomic E-state index is -0.726. The molecule has 0 aliphatic carbocycles. The zero-order valence-electron chi connectivity index (χ0n) is 15.0. The van der Waals surface area contributed by atoms with Crippen molar-refractivity contribution in [2.24, 2.45) is 0 Å². The van der Waals surface area contributed by atoms with Crippen molar-refractivity contribution in [2.75, 3.05) is 11.9 Å². The highest BCUT2D eigenvalue weighted by atomic mass is 19.1. The summed E-state index contributed by atoms with van der Waals surface area (Å²) in [6, 6.07) is 13.2. The van der Waals surface area contributed by atoms with Crippen molar-refractivity contribution >= 4 is 22.5 Å². The molecule has 0 bridgehead atoms. The van der Waals surface area contributed by atoms with Gasteiger partial charge >= 0.3 is 0 Å². The van der Waals surface area contributed by atoms with E-state index in [1.165, 1.54) is 12.1 Å². The molecule has 4 aromatic rings. The summed E-state index contributed by atoms with van der Waals surface area (Å²) in [5.41, 5.74) is 2.10. The molecule has 7 nitrogen and oxygen atoms in total. The van der Waals surface area contributed by atoms with Crippen molar-refractivity contribution in [3.05, 3.63) is 71.4 Å². The number of aryl methyl sites for hydroxylation is 1. The fourth-order valence-corrected chi connectivity index (χ4v) is 3.03. The van der Waals surface area contributed by atoms with Gasteiger partial charge in [0, 0.05) is 17.1 Å². The number of aromatic nitrogens is 4. The average Bonchev–Trinajstić information content (AvgIpc) is 3.10. The predicted molar refractivity (Wildman–Crippen MR) is 103 cm³/mol. The number of hydrogen-bond donors (Lipinski definition) is 4. The normalized spacial score (nSPS) is 12.2. The summed E-state index contributed by atoms with van der Waals surface area (Å²) in [5.74, 6) is -0.345. The number of phenolic OH excluding ortho intramolecular Hbond substituents is 1. The summed E-state index contributed by atoms with van der Waals surface area (Å²) in [5, 5.41) is 30.7. The predicted octanol–water partition coefficient (Wildman–Crippen LogP) is 3.37. The number of anilines is 2. The number of aromatic amines is 1. The topological polar surface area (TPSA) is 107 Å². The molecule has 0 spiro atoms. The monoisotopic (exact) mass is 379 g/mol. The number of nitrogens with zero attached hydrogens (tertiary/aromatic N) is 3. The first-order valence-electron chi connectivity index (χ1n) is 8.70. The van der Waals surface area contributed by atoms with Gasteiger partial charge in [0.25, 0.3) is 0 Å². The second-order valence-corrected chi connectivity index (χ2v) is 6.45. The van der Waals surface area contributed by atoms with Gasteiger partial charge in [-0.05, 0) is 36.8 Å². The first-order valence-corrected chi connectivity index (χ1v) is 8.70. The Bertz CT molecular complexity index is 1140. The van der Waals surface area contributed by atoms with E-state index in [1.54, 1.807) is 0 Å². The Morgan fingerprint density at radius 2 is 1.96 bits per heavy atom. The van der Waals surface area contributed by atoms with Crippen LogP contribution in [-0.4, -0.2) is 37.0 Å². The summed E-state index contributed by atoms with van der Waals surface area (Å²) in [4.78, 5) is 9.16. The van der Waals surface area contributed by atoms with E-state index in [-0.39, 0.29) is 6.61 Å². The maximum atomic E-state index is 13.4. The molecule has 8 heteroatoms. The molecule has 2 aromatic heterocycles. The van der Waals surface area contributed by atoms with Crippen molar-refractivity contribution in [2.45, 2.75) is 12.8 Å². The Hall–Kier alpha value is -3.52. The lowest BCUT2D eigenvalue weighted by molar-refractivity contribution is 0.276. The summed E-state index contributed by atoms with van der Waals surface area (Å²) in [6.07, 6.45) is 0. The number of fused-ring (bicyclic) bond motifs is 1.